The molecule has 2 aromatic rings. The van der Waals surface area contributed by atoms with Crippen LogP contribution in [0.25, 0.3) is 0 Å². The molecule has 1 aliphatic rings. The first kappa shape index (κ1) is 15.3. The van der Waals surface area contributed by atoms with Crippen molar-refractivity contribution >= 4 is 17.2 Å². The van der Waals surface area contributed by atoms with Crippen LogP contribution >= 0.6 is 11.3 Å². The Hall–Kier alpha value is -1.65. The molecule has 1 unspecified atom stereocenters. The SMILES string of the molecule is CCc1c(C)sc2c1CCN(CC(N)=O)C2c1ccccc1. The van der Waals surface area contributed by atoms with E-state index in [0.29, 0.717) is 6.54 Å². The Labute approximate surface area is 135 Å². The Morgan fingerprint density at radius 3 is 2.73 bits per heavy atom. The Morgan fingerprint density at radius 2 is 2.09 bits per heavy atom. The molecule has 116 valence electrons. The third-order valence-electron chi connectivity index (χ3n) is 4.44. The summed E-state index contributed by atoms with van der Waals surface area (Å²) in [5.74, 6) is -0.256. The zero-order chi connectivity index (χ0) is 15.7. The molecule has 0 saturated heterocycles. The summed E-state index contributed by atoms with van der Waals surface area (Å²) in [7, 11) is 0. The summed E-state index contributed by atoms with van der Waals surface area (Å²) in [6.45, 7) is 5.64. The van der Waals surface area contributed by atoms with Gasteiger partial charge in [0.05, 0.1) is 12.6 Å². The maximum absolute atomic E-state index is 11.5. The van der Waals surface area contributed by atoms with Gasteiger partial charge in [0.15, 0.2) is 0 Å². The molecule has 3 nitrogen and oxygen atoms in total. The molecule has 1 atom stereocenters. The first-order valence-corrected chi connectivity index (χ1v) is 8.61. The molecule has 0 spiro atoms. The number of amides is 1. The number of hydrogen-bond acceptors (Lipinski definition) is 3. The molecule has 0 fully saturated rings. The van der Waals surface area contributed by atoms with Crippen LogP contribution in [0.5, 0.6) is 0 Å². The number of nitrogens with two attached hydrogens (primary N) is 1. The van der Waals surface area contributed by atoms with Crippen LogP contribution in [0, 0.1) is 6.92 Å². The number of hydrogen-bond donors (Lipinski definition) is 1. The molecule has 1 aromatic carbocycles. The van der Waals surface area contributed by atoms with Crippen molar-refractivity contribution in [3.63, 3.8) is 0 Å². The maximum atomic E-state index is 11.5. The summed E-state index contributed by atoms with van der Waals surface area (Å²) < 4.78 is 0. The predicted molar refractivity (Wildman–Crippen MR) is 91.2 cm³/mol. The van der Waals surface area contributed by atoms with E-state index in [-0.39, 0.29) is 11.9 Å². The lowest BCUT2D eigenvalue weighted by atomic mass is 9.92. The van der Waals surface area contributed by atoms with Gasteiger partial charge in [0, 0.05) is 16.3 Å². The third-order valence-corrected chi connectivity index (χ3v) is 5.68. The number of nitrogens with zero attached hydrogens (tertiary/aromatic N) is 1. The molecule has 2 heterocycles. The van der Waals surface area contributed by atoms with Gasteiger partial charge in [-0.2, -0.15) is 0 Å². The highest BCUT2D eigenvalue weighted by Gasteiger charge is 2.32. The van der Waals surface area contributed by atoms with Crippen molar-refractivity contribution in [1.82, 2.24) is 4.90 Å². The number of fused-ring (bicyclic) bond motifs is 1. The average molecular weight is 314 g/mol. The van der Waals surface area contributed by atoms with Crippen molar-refractivity contribution < 1.29 is 4.79 Å². The third kappa shape index (κ3) is 2.69. The van der Waals surface area contributed by atoms with E-state index in [1.54, 1.807) is 0 Å². The monoisotopic (exact) mass is 314 g/mol. The standard InChI is InChI=1S/C18H22N2OS/c1-3-14-12(2)22-18-15(14)9-10-20(11-16(19)21)17(18)13-7-5-4-6-8-13/h4-8,17H,3,9-11H2,1-2H3,(H2,19,21). The van der Waals surface area contributed by atoms with Crippen LogP contribution in [-0.4, -0.2) is 23.9 Å². The number of carbonyl (C=O) groups excluding carboxylic acids is 1. The molecule has 22 heavy (non-hydrogen) atoms. The molecule has 3 rings (SSSR count). The fraction of sp³-hybridized carbons (Fsp3) is 0.389. The molecule has 1 amide bonds. The summed E-state index contributed by atoms with van der Waals surface area (Å²) >= 11 is 1.88. The van der Waals surface area contributed by atoms with Crippen molar-refractivity contribution in [3.05, 3.63) is 56.8 Å². The maximum Gasteiger partial charge on any atom is 0.231 e. The first-order valence-electron chi connectivity index (χ1n) is 7.80. The van der Waals surface area contributed by atoms with Crippen molar-refractivity contribution in [1.29, 1.82) is 0 Å². The number of carbonyl (C=O) groups is 1. The van der Waals surface area contributed by atoms with Gasteiger partial charge in [-0.25, -0.2) is 0 Å². The van der Waals surface area contributed by atoms with E-state index in [0.717, 1.165) is 19.4 Å². The Balaban J connectivity index is 2.09. The van der Waals surface area contributed by atoms with E-state index in [4.69, 9.17) is 5.73 Å². The average Bonchev–Trinajstić information content (AvgIpc) is 2.82. The second kappa shape index (κ2) is 6.23. The highest BCUT2D eigenvalue weighted by atomic mass is 32.1. The lowest BCUT2D eigenvalue weighted by Gasteiger charge is -2.35. The minimum absolute atomic E-state index is 0.154. The van der Waals surface area contributed by atoms with Crippen LogP contribution in [0.2, 0.25) is 0 Å². The highest BCUT2D eigenvalue weighted by Crippen LogP contribution is 2.42. The van der Waals surface area contributed by atoms with Gasteiger partial charge in [0.2, 0.25) is 5.91 Å². The van der Waals surface area contributed by atoms with Crippen LogP contribution in [0.15, 0.2) is 30.3 Å². The first-order chi connectivity index (χ1) is 10.6. The molecule has 0 radical (unpaired) electrons. The molecule has 0 saturated carbocycles. The van der Waals surface area contributed by atoms with E-state index in [1.807, 2.05) is 17.4 Å². The summed E-state index contributed by atoms with van der Waals surface area (Å²) in [5.41, 5.74) is 9.71. The van der Waals surface area contributed by atoms with Gasteiger partial charge in [0.25, 0.3) is 0 Å². The van der Waals surface area contributed by atoms with Crippen molar-refractivity contribution in [3.8, 4) is 0 Å². The zero-order valence-corrected chi connectivity index (χ0v) is 14.0. The zero-order valence-electron chi connectivity index (χ0n) is 13.1. The highest BCUT2D eigenvalue weighted by molar-refractivity contribution is 7.12. The molecule has 4 heteroatoms. The normalized spacial score (nSPS) is 18.2. The van der Waals surface area contributed by atoms with Crippen molar-refractivity contribution in [2.75, 3.05) is 13.1 Å². The van der Waals surface area contributed by atoms with Gasteiger partial charge < -0.3 is 5.73 Å². The lowest BCUT2D eigenvalue weighted by Crippen LogP contribution is -2.41. The quantitative estimate of drug-likeness (QED) is 0.943. The Bertz CT molecular complexity index is 678. The lowest BCUT2D eigenvalue weighted by molar-refractivity contribution is -0.119. The van der Waals surface area contributed by atoms with Gasteiger partial charge in [-0.3, -0.25) is 9.69 Å². The fourth-order valence-electron chi connectivity index (χ4n) is 3.52. The number of primary amides is 1. The van der Waals surface area contributed by atoms with E-state index in [2.05, 4.69) is 43.0 Å². The largest absolute Gasteiger partial charge is 0.369 e. The Kier molecular flexibility index (Phi) is 4.32. The molecule has 0 bridgehead atoms. The topological polar surface area (TPSA) is 46.3 Å². The van der Waals surface area contributed by atoms with Gasteiger partial charge in [-0.05, 0) is 36.5 Å². The van der Waals surface area contributed by atoms with Crippen LogP contribution in [0.3, 0.4) is 0 Å². The van der Waals surface area contributed by atoms with Crippen LogP contribution in [0.4, 0.5) is 0 Å². The minimum atomic E-state index is -0.256. The van der Waals surface area contributed by atoms with Crippen molar-refractivity contribution in [2.45, 2.75) is 32.7 Å². The van der Waals surface area contributed by atoms with E-state index < -0.39 is 0 Å². The molecule has 1 aliphatic heterocycles. The number of benzene rings is 1. The molecule has 0 aliphatic carbocycles. The van der Waals surface area contributed by atoms with Gasteiger partial charge in [-0.15, -0.1) is 11.3 Å². The van der Waals surface area contributed by atoms with E-state index in [9.17, 15) is 4.79 Å². The van der Waals surface area contributed by atoms with Gasteiger partial charge in [0.1, 0.15) is 0 Å². The van der Waals surface area contributed by atoms with Crippen LogP contribution < -0.4 is 5.73 Å². The summed E-state index contributed by atoms with van der Waals surface area (Å²) in [5, 5.41) is 0. The predicted octanol–water partition coefficient (Wildman–Crippen LogP) is 3.05. The number of rotatable bonds is 4. The number of aryl methyl sites for hydroxylation is 1. The summed E-state index contributed by atoms with van der Waals surface area (Å²) in [6, 6.07) is 10.6. The fourth-order valence-corrected chi connectivity index (χ4v) is 4.99. The van der Waals surface area contributed by atoms with Gasteiger partial charge in [-0.1, -0.05) is 37.3 Å². The summed E-state index contributed by atoms with van der Waals surface area (Å²) in [6.07, 6.45) is 2.09. The molecular weight excluding hydrogens is 292 g/mol. The van der Waals surface area contributed by atoms with E-state index in [1.165, 1.54) is 26.4 Å². The Morgan fingerprint density at radius 1 is 1.36 bits per heavy atom. The minimum Gasteiger partial charge on any atom is -0.369 e. The second-order valence-corrected chi connectivity index (χ2v) is 7.09. The number of thiophene rings is 1. The van der Waals surface area contributed by atoms with Crippen molar-refractivity contribution in [2.24, 2.45) is 5.73 Å². The molecular formula is C18H22N2OS. The second-order valence-electron chi connectivity index (χ2n) is 5.83. The molecule has 2 N–H and O–H groups in total. The van der Waals surface area contributed by atoms with Crippen LogP contribution in [-0.2, 0) is 17.6 Å². The van der Waals surface area contributed by atoms with Crippen LogP contribution in [0.1, 0.15) is 39.4 Å². The summed E-state index contributed by atoms with van der Waals surface area (Å²) in [4.78, 5) is 16.5. The van der Waals surface area contributed by atoms with E-state index >= 15 is 0 Å². The molecule has 1 aromatic heterocycles. The smallest absolute Gasteiger partial charge is 0.231 e. The van der Waals surface area contributed by atoms with Gasteiger partial charge >= 0.3 is 0 Å².